The fraction of sp³-hybridized carbons (Fsp3) is 0.500. The van der Waals surface area contributed by atoms with Crippen LogP contribution in [0.5, 0.6) is 0 Å². The minimum Gasteiger partial charge on any atom is -0.366 e. The van der Waals surface area contributed by atoms with E-state index < -0.39 is 5.91 Å². The first-order chi connectivity index (χ1) is 4.09. The Labute approximate surface area is 54.9 Å². The molecule has 52 valence electrons. The summed E-state index contributed by atoms with van der Waals surface area (Å²) in [6.45, 7) is 5.31. The van der Waals surface area contributed by atoms with Crippen LogP contribution in [-0.2, 0) is 4.79 Å². The highest BCUT2D eigenvalue weighted by Crippen LogP contribution is 1.94. The van der Waals surface area contributed by atoms with Crippen LogP contribution in [-0.4, -0.2) is 19.0 Å². The predicted molar refractivity (Wildman–Crippen MR) is 36.9 cm³/mol. The van der Waals surface area contributed by atoms with Crippen molar-refractivity contribution in [2.24, 2.45) is 5.73 Å². The van der Waals surface area contributed by atoms with Gasteiger partial charge >= 0.3 is 0 Å². The number of rotatable bonds is 3. The maximum atomic E-state index is 10.4. The van der Waals surface area contributed by atoms with Crippen molar-refractivity contribution in [3.05, 3.63) is 12.2 Å². The first-order valence-corrected chi connectivity index (χ1v) is 2.75. The molecule has 1 atom stereocenters. The smallest absolute Gasteiger partial charge is 0.245 e. The Morgan fingerprint density at radius 2 is 2.22 bits per heavy atom. The number of hydrogen-bond acceptors (Lipinski definition) is 2. The van der Waals surface area contributed by atoms with Gasteiger partial charge in [-0.05, 0) is 14.0 Å². The van der Waals surface area contributed by atoms with E-state index >= 15 is 0 Å². The molecule has 0 saturated carbocycles. The monoisotopic (exact) mass is 128 g/mol. The maximum absolute atomic E-state index is 10.4. The molecule has 0 spiro atoms. The fourth-order valence-corrected chi connectivity index (χ4v) is 0.388. The van der Waals surface area contributed by atoms with Gasteiger partial charge in [0.05, 0.1) is 0 Å². The molecule has 9 heavy (non-hydrogen) atoms. The lowest BCUT2D eigenvalue weighted by Gasteiger charge is -2.08. The molecule has 0 bridgehead atoms. The molecule has 0 aromatic rings. The lowest BCUT2D eigenvalue weighted by atomic mass is 10.1. The minimum atomic E-state index is -0.447. The van der Waals surface area contributed by atoms with Gasteiger partial charge in [0.2, 0.25) is 5.91 Å². The third kappa shape index (κ3) is 2.28. The van der Waals surface area contributed by atoms with Crippen LogP contribution in [0.25, 0.3) is 0 Å². The van der Waals surface area contributed by atoms with Gasteiger partial charge in [-0.2, -0.15) is 0 Å². The van der Waals surface area contributed by atoms with Crippen LogP contribution in [0.2, 0.25) is 0 Å². The van der Waals surface area contributed by atoms with E-state index in [0.29, 0.717) is 5.57 Å². The fourth-order valence-electron chi connectivity index (χ4n) is 0.388. The lowest BCUT2D eigenvalue weighted by Crippen LogP contribution is -2.30. The van der Waals surface area contributed by atoms with E-state index in [-0.39, 0.29) is 6.04 Å². The van der Waals surface area contributed by atoms with Crippen LogP contribution >= 0.6 is 0 Å². The quantitative estimate of drug-likeness (QED) is 0.510. The number of amides is 1. The number of carbonyl (C=O) groups excluding carboxylic acids is 1. The van der Waals surface area contributed by atoms with Crippen molar-refractivity contribution in [1.29, 1.82) is 0 Å². The molecule has 0 fully saturated rings. The van der Waals surface area contributed by atoms with Crippen molar-refractivity contribution >= 4 is 5.91 Å². The topological polar surface area (TPSA) is 55.1 Å². The van der Waals surface area contributed by atoms with Crippen LogP contribution in [0.1, 0.15) is 6.92 Å². The van der Waals surface area contributed by atoms with Crippen molar-refractivity contribution in [3.8, 4) is 0 Å². The highest BCUT2D eigenvalue weighted by molar-refractivity contribution is 5.92. The van der Waals surface area contributed by atoms with Gasteiger partial charge in [-0.1, -0.05) is 6.58 Å². The molecule has 0 aromatic carbocycles. The Balaban J connectivity index is 3.88. The summed E-state index contributed by atoms with van der Waals surface area (Å²) in [6.07, 6.45) is 0. The Morgan fingerprint density at radius 1 is 1.78 bits per heavy atom. The minimum absolute atomic E-state index is 0.0255. The van der Waals surface area contributed by atoms with Gasteiger partial charge in [-0.25, -0.2) is 0 Å². The van der Waals surface area contributed by atoms with Gasteiger partial charge in [-0.15, -0.1) is 0 Å². The van der Waals surface area contributed by atoms with Crippen molar-refractivity contribution in [2.45, 2.75) is 13.0 Å². The Bertz CT molecular complexity index is 131. The Kier molecular flexibility index (Phi) is 2.95. The lowest BCUT2D eigenvalue weighted by molar-refractivity contribution is -0.114. The van der Waals surface area contributed by atoms with Crippen LogP contribution < -0.4 is 11.1 Å². The van der Waals surface area contributed by atoms with Crippen molar-refractivity contribution < 1.29 is 4.79 Å². The van der Waals surface area contributed by atoms with Gasteiger partial charge < -0.3 is 11.1 Å². The normalized spacial score (nSPS) is 12.7. The van der Waals surface area contributed by atoms with Gasteiger partial charge in [0.15, 0.2) is 0 Å². The predicted octanol–water partition coefficient (Wildman–Crippen LogP) is -0.364. The number of hydrogen-bond donors (Lipinski definition) is 2. The van der Waals surface area contributed by atoms with E-state index in [4.69, 9.17) is 5.73 Å². The van der Waals surface area contributed by atoms with Crippen molar-refractivity contribution in [3.63, 3.8) is 0 Å². The van der Waals surface area contributed by atoms with Gasteiger partial charge in [0.1, 0.15) is 0 Å². The highest BCUT2D eigenvalue weighted by atomic mass is 16.1. The second-order valence-corrected chi connectivity index (χ2v) is 1.90. The molecule has 1 unspecified atom stereocenters. The number of likely N-dealkylation sites (N-methyl/N-ethyl adjacent to an activating group) is 1. The molecule has 3 heteroatoms. The molecule has 0 rings (SSSR count). The van der Waals surface area contributed by atoms with E-state index in [1.807, 2.05) is 6.92 Å². The molecule has 3 N–H and O–H groups in total. The standard InChI is InChI=1S/C6H12N2O/c1-4(6(7)9)5(2)8-3/h5,8H,1H2,2-3H3,(H2,7,9). The first kappa shape index (κ1) is 8.17. The summed E-state index contributed by atoms with van der Waals surface area (Å²) in [5.41, 5.74) is 5.35. The number of primary amides is 1. The SMILES string of the molecule is C=C(C(N)=O)C(C)NC. The summed E-state index contributed by atoms with van der Waals surface area (Å²) in [5, 5.41) is 2.85. The molecule has 0 aliphatic carbocycles. The van der Waals surface area contributed by atoms with E-state index in [0.717, 1.165) is 0 Å². The molecule has 0 heterocycles. The second-order valence-electron chi connectivity index (χ2n) is 1.90. The van der Waals surface area contributed by atoms with E-state index in [2.05, 4.69) is 11.9 Å². The molecule has 0 aliphatic rings. The summed E-state index contributed by atoms with van der Waals surface area (Å²) in [6, 6.07) is -0.0255. The Morgan fingerprint density at radius 3 is 2.33 bits per heavy atom. The summed E-state index contributed by atoms with van der Waals surface area (Å²) in [4.78, 5) is 10.4. The van der Waals surface area contributed by atoms with Gasteiger partial charge in [0.25, 0.3) is 0 Å². The zero-order valence-corrected chi connectivity index (χ0v) is 5.77. The summed E-state index contributed by atoms with van der Waals surface area (Å²) in [5.74, 6) is -0.447. The average molecular weight is 128 g/mol. The Hall–Kier alpha value is -0.830. The zero-order valence-electron chi connectivity index (χ0n) is 5.77. The summed E-state index contributed by atoms with van der Waals surface area (Å²) < 4.78 is 0. The molecule has 0 radical (unpaired) electrons. The van der Waals surface area contributed by atoms with E-state index in [1.54, 1.807) is 7.05 Å². The molecule has 1 amide bonds. The third-order valence-electron chi connectivity index (χ3n) is 1.27. The van der Waals surface area contributed by atoms with Crippen LogP contribution in [0, 0.1) is 0 Å². The van der Waals surface area contributed by atoms with E-state index in [1.165, 1.54) is 0 Å². The molecular formula is C6H12N2O. The molecule has 0 aliphatic heterocycles. The average Bonchev–Trinajstić information content (AvgIpc) is 1.84. The van der Waals surface area contributed by atoms with Crippen LogP contribution in [0.4, 0.5) is 0 Å². The zero-order chi connectivity index (χ0) is 7.44. The van der Waals surface area contributed by atoms with Crippen molar-refractivity contribution in [1.82, 2.24) is 5.32 Å². The number of nitrogens with two attached hydrogens (primary N) is 1. The molecular weight excluding hydrogens is 116 g/mol. The third-order valence-corrected chi connectivity index (χ3v) is 1.27. The van der Waals surface area contributed by atoms with Crippen molar-refractivity contribution in [2.75, 3.05) is 7.05 Å². The number of nitrogens with one attached hydrogen (secondary N) is 1. The summed E-state index contributed by atoms with van der Waals surface area (Å²) >= 11 is 0. The first-order valence-electron chi connectivity index (χ1n) is 2.75. The molecule has 0 aromatic heterocycles. The molecule has 0 saturated heterocycles. The van der Waals surface area contributed by atoms with Gasteiger partial charge in [-0.3, -0.25) is 4.79 Å². The highest BCUT2D eigenvalue weighted by Gasteiger charge is 2.07. The number of carbonyl (C=O) groups is 1. The largest absolute Gasteiger partial charge is 0.366 e. The van der Waals surface area contributed by atoms with Crippen LogP contribution in [0.3, 0.4) is 0 Å². The van der Waals surface area contributed by atoms with E-state index in [9.17, 15) is 4.79 Å². The molecule has 3 nitrogen and oxygen atoms in total. The van der Waals surface area contributed by atoms with Crippen LogP contribution in [0.15, 0.2) is 12.2 Å². The van der Waals surface area contributed by atoms with Gasteiger partial charge in [0, 0.05) is 11.6 Å². The second kappa shape index (κ2) is 3.25. The summed E-state index contributed by atoms with van der Waals surface area (Å²) in [7, 11) is 1.75. The maximum Gasteiger partial charge on any atom is 0.245 e.